The lowest BCUT2D eigenvalue weighted by atomic mass is 10.2. The molecule has 4 aromatic rings. The van der Waals surface area contributed by atoms with Crippen molar-refractivity contribution in [3.63, 3.8) is 0 Å². The fourth-order valence-corrected chi connectivity index (χ4v) is 8.90. The highest BCUT2D eigenvalue weighted by atomic mass is 32.2. The Kier molecular flexibility index (Phi) is 10.2. The van der Waals surface area contributed by atoms with E-state index in [-0.39, 0.29) is 0 Å². The monoisotopic (exact) mass is 484 g/mol. The van der Waals surface area contributed by atoms with Crippen LogP contribution in [0.15, 0.2) is 121 Å². The zero-order chi connectivity index (χ0) is 23.3. The van der Waals surface area contributed by atoms with E-state index < -0.39 is 0 Å². The van der Waals surface area contributed by atoms with Crippen molar-refractivity contribution >= 4 is 21.8 Å². The summed E-state index contributed by atoms with van der Waals surface area (Å²) >= 11 is 0. The molecular formula is C32H36S2+2. The number of hydrogen-bond acceptors (Lipinski definition) is 0. The van der Waals surface area contributed by atoms with Crippen molar-refractivity contribution in [2.75, 3.05) is 11.5 Å². The second-order valence-corrected chi connectivity index (χ2v) is 13.3. The lowest BCUT2D eigenvalue weighted by molar-refractivity contribution is 0.895. The Hall–Kier alpha value is -2.42. The van der Waals surface area contributed by atoms with Crippen LogP contribution in [0, 0.1) is 0 Å². The molecular weight excluding hydrogens is 448 g/mol. The molecule has 4 rings (SSSR count). The van der Waals surface area contributed by atoms with Crippen LogP contribution in [0.4, 0.5) is 0 Å². The van der Waals surface area contributed by atoms with Gasteiger partial charge in [0, 0.05) is 22.3 Å². The van der Waals surface area contributed by atoms with E-state index in [0.29, 0.717) is 21.8 Å². The van der Waals surface area contributed by atoms with Crippen molar-refractivity contribution in [1.29, 1.82) is 0 Å². The Labute approximate surface area is 212 Å². The quantitative estimate of drug-likeness (QED) is 0.134. The van der Waals surface area contributed by atoms with Crippen LogP contribution in [0.2, 0.25) is 0 Å². The summed E-state index contributed by atoms with van der Waals surface area (Å²) in [5.41, 5.74) is 5.92. The Morgan fingerprint density at radius 1 is 0.324 bits per heavy atom. The predicted molar refractivity (Wildman–Crippen MR) is 154 cm³/mol. The Morgan fingerprint density at radius 2 is 0.559 bits per heavy atom. The normalized spacial score (nSPS) is 11.2. The van der Waals surface area contributed by atoms with Crippen molar-refractivity contribution < 1.29 is 0 Å². The van der Waals surface area contributed by atoms with E-state index >= 15 is 0 Å². The molecule has 0 unspecified atom stereocenters. The highest BCUT2D eigenvalue weighted by molar-refractivity contribution is 7.95. The van der Waals surface area contributed by atoms with Gasteiger partial charge >= 0.3 is 0 Å². The van der Waals surface area contributed by atoms with Crippen LogP contribution in [0.3, 0.4) is 0 Å². The second-order valence-electron chi connectivity index (χ2n) is 8.86. The third kappa shape index (κ3) is 8.74. The Morgan fingerprint density at radius 3 is 0.794 bits per heavy atom. The maximum absolute atomic E-state index is 2.29. The molecule has 0 saturated heterocycles. The van der Waals surface area contributed by atoms with Crippen molar-refractivity contribution in [1.82, 2.24) is 0 Å². The maximum Gasteiger partial charge on any atom is 0.133 e. The van der Waals surface area contributed by atoms with Gasteiger partial charge in [-0.25, -0.2) is 0 Å². The van der Waals surface area contributed by atoms with Gasteiger partial charge in [0.2, 0.25) is 0 Å². The van der Waals surface area contributed by atoms with Crippen LogP contribution in [-0.2, 0) is 44.8 Å². The molecule has 0 saturated carbocycles. The van der Waals surface area contributed by atoms with Crippen LogP contribution in [0.1, 0.15) is 35.1 Å². The first-order valence-electron chi connectivity index (χ1n) is 12.3. The molecule has 0 atom stereocenters. The van der Waals surface area contributed by atoms with E-state index in [9.17, 15) is 0 Å². The fraction of sp³-hybridized carbons (Fsp3) is 0.250. The molecule has 0 fully saturated rings. The number of unbranched alkanes of at least 4 members (excludes halogenated alkanes) is 1. The van der Waals surface area contributed by atoms with Gasteiger partial charge in [-0.1, -0.05) is 121 Å². The minimum absolute atomic E-state index is 0.386. The van der Waals surface area contributed by atoms with Gasteiger partial charge in [-0.05, 0) is 34.6 Å². The molecule has 0 amide bonds. The molecule has 0 bridgehead atoms. The maximum atomic E-state index is 2.29. The molecule has 34 heavy (non-hydrogen) atoms. The third-order valence-electron chi connectivity index (χ3n) is 5.97. The van der Waals surface area contributed by atoms with Crippen LogP contribution in [0.25, 0.3) is 0 Å². The van der Waals surface area contributed by atoms with Crippen molar-refractivity contribution in [2.24, 2.45) is 0 Å². The topological polar surface area (TPSA) is 0 Å². The summed E-state index contributed by atoms with van der Waals surface area (Å²) in [6.45, 7) is 0. The average molecular weight is 485 g/mol. The van der Waals surface area contributed by atoms with Gasteiger partial charge in [-0.2, -0.15) is 0 Å². The van der Waals surface area contributed by atoms with Gasteiger partial charge in [0.25, 0.3) is 0 Å². The van der Waals surface area contributed by atoms with E-state index in [1.807, 2.05) is 0 Å². The Balaban J connectivity index is 1.34. The zero-order valence-corrected chi connectivity index (χ0v) is 21.7. The van der Waals surface area contributed by atoms with E-state index in [2.05, 4.69) is 121 Å². The number of hydrogen-bond donors (Lipinski definition) is 0. The standard InChI is InChI=1S/C32H36S2/c1-5-15-29(16-6-1)25-33(26-30-17-7-2-8-18-30)23-13-14-24-34(27-31-19-9-3-10-20-31)28-32-21-11-4-12-22-32/h1-12,15-22H,13-14,23-28H2/q+2. The summed E-state index contributed by atoms with van der Waals surface area (Å²) in [7, 11) is 0.772. The van der Waals surface area contributed by atoms with Gasteiger partial charge in [0.15, 0.2) is 0 Å². The second kappa shape index (κ2) is 14.1. The summed E-state index contributed by atoms with van der Waals surface area (Å²) in [6.07, 6.45) is 2.66. The third-order valence-corrected chi connectivity index (χ3v) is 10.7. The van der Waals surface area contributed by atoms with Crippen molar-refractivity contribution in [3.05, 3.63) is 144 Å². The smallest absolute Gasteiger partial charge is 0.0622 e. The molecule has 0 aliphatic carbocycles. The van der Waals surface area contributed by atoms with E-state index in [1.165, 1.54) is 69.6 Å². The summed E-state index contributed by atoms with van der Waals surface area (Å²) < 4.78 is 0. The van der Waals surface area contributed by atoms with Gasteiger partial charge in [0.05, 0.1) is 0 Å². The summed E-state index contributed by atoms with van der Waals surface area (Å²) in [5.74, 6) is 7.48. The van der Waals surface area contributed by atoms with Gasteiger partial charge in [-0.15, -0.1) is 0 Å². The van der Waals surface area contributed by atoms with E-state index in [0.717, 1.165) is 0 Å². The lowest BCUT2D eigenvalue weighted by Crippen LogP contribution is -2.17. The zero-order valence-electron chi connectivity index (χ0n) is 20.0. The lowest BCUT2D eigenvalue weighted by Gasteiger charge is -2.12. The number of benzene rings is 4. The molecule has 0 spiro atoms. The van der Waals surface area contributed by atoms with Crippen LogP contribution < -0.4 is 0 Å². The summed E-state index contributed by atoms with van der Waals surface area (Å²) in [5, 5.41) is 0. The van der Waals surface area contributed by atoms with Gasteiger partial charge in [-0.3, -0.25) is 0 Å². The molecule has 2 heteroatoms. The van der Waals surface area contributed by atoms with Crippen molar-refractivity contribution in [2.45, 2.75) is 35.9 Å². The average Bonchev–Trinajstić information content (AvgIpc) is 2.89. The first-order valence-corrected chi connectivity index (χ1v) is 15.8. The first-order chi connectivity index (χ1) is 16.8. The summed E-state index contributed by atoms with van der Waals surface area (Å²) in [4.78, 5) is 0. The van der Waals surface area contributed by atoms with Crippen molar-refractivity contribution in [3.8, 4) is 0 Å². The molecule has 0 nitrogen and oxygen atoms in total. The minimum atomic E-state index is 0.386. The minimum Gasteiger partial charge on any atom is -0.0622 e. The molecule has 0 aromatic heterocycles. The molecule has 0 heterocycles. The van der Waals surface area contributed by atoms with Gasteiger partial charge < -0.3 is 0 Å². The largest absolute Gasteiger partial charge is 0.133 e. The highest BCUT2D eigenvalue weighted by Gasteiger charge is 2.22. The first kappa shape index (κ1) is 24.7. The molecule has 174 valence electrons. The SMILES string of the molecule is c1ccc(C[S+](CCCC[S+](Cc2ccccc2)Cc2ccccc2)Cc2ccccc2)cc1. The Bertz CT molecular complexity index is 877. The summed E-state index contributed by atoms with van der Waals surface area (Å²) in [6, 6.07) is 44.3. The molecule has 0 N–H and O–H groups in total. The van der Waals surface area contributed by atoms with Crippen LogP contribution in [-0.4, -0.2) is 11.5 Å². The molecule has 0 aliphatic rings. The molecule has 4 aromatic carbocycles. The molecule has 0 aliphatic heterocycles. The predicted octanol–water partition coefficient (Wildman–Crippen LogP) is 7.80. The molecule has 0 radical (unpaired) electrons. The van der Waals surface area contributed by atoms with Crippen LogP contribution >= 0.6 is 0 Å². The van der Waals surface area contributed by atoms with E-state index in [4.69, 9.17) is 0 Å². The van der Waals surface area contributed by atoms with E-state index in [1.54, 1.807) is 0 Å². The highest BCUT2D eigenvalue weighted by Crippen LogP contribution is 2.20. The van der Waals surface area contributed by atoms with Gasteiger partial charge in [0.1, 0.15) is 34.5 Å². The fourth-order valence-electron chi connectivity index (χ4n) is 4.24. The van der Waals surface area contributed by atoms with Crippen LogP contribution in [0.5, 0.6) is 0 Å². The number of rotatable bonds is 13.